The number of hydrogen-bond acceptors (Lipinski definition) is 1. The number of hydrogen-bond donors (Lipinski definition) is 0. The highest BCUT2D eigenvalue weighted by Crippen LogP contribution is 1.97. The maximum absolute atomic E-state index is 3.98. The zero-order valence-electron chi connectivity index (χ0n) is 5.54. The van der Waals surface area contributed by atoms with Crippen LogP contribution in [0.3, 0.4) is 0 Å². The lowest BCUT2D eigenvalue weighted by molar-refractivity contribution is 1.11. The van der Waals surface area contributed by atoms with E-state index in [1.807, 2.05) is 19.2 Å². The number of rotatable bonds is 2. The third-order valence-corrected chi connectivity index (χ3v) is 1.16. The van der Waals surface area contributed by atoms with Crippen molar-refractivity contribution in [1.29, 1.82) is 0 Å². The average Bonchev–Trinajstić information content (AvgIpc) is 1.91. The molecule has 0 aliphatic heterocycles. The molecule has 1 aromatic rings. The van der Waals surface area contributed by atoms with Crippen LogP contribution in [0.5, 0.6) is 0 Å². The van der Waals surface area contributed by atoms with E-state index in [1.165, 1.54) is 5.56 Å². The maximum Gasteiger partial charge on any atom is 0.114 e. The van der Waals surface area contributed by atoms with Crippen LogP contribution in [0, 0.1) is 6.42 Å². The van der Waals surface area contributed by atoms with E-state index >= 15 is 0 Å². The number of pyridine rings is 1. The SMILES string of the molecule is C[CH+]Cc1cccnc1. The van der Waals surface area contributed by atoms with Gasteiger partial charge < -0.3 is 0 Å². The zero-order chi connectivity index (χ0) is 6.53. The van der Waals surface area contributed by atoms with Gasteiger partial charge in [0.15, 0.2) is 0 Å². The van der Waals surface area contributed by atoms with Crippen LogP contribution in [0.4, 0.5) is 0 Å². The van der Waals surface area contributed by atoms with Gasteiger partial charge in [0.25, 0.3) is 0 Å². The molecule has 1 nitrogen and oxygen atoms in total. The van der Waals surface area contributed by atoms with Crippen molar-refractivity contribution in [2.45, 2.75) is 13.3 Å². The van der Waals surface area contributed by atoms with Gasteiger partial charge in [-0.1, -0.05) is 6.07 Å². The van der Waals surface area contributed by atoms with E-state index in [2.05, 4.69) is 17.5 Å². The highest BCUT2D eigenvalue weighted by atomic mass is 14.6. The number of nitrogens with zero attached hydrogens (tertiary/aromatic N) is 1. The van der Waals surface area contributed by atoms with E-state index in [-0.39, 0.29) is 0 Å². The molecule has 0 aliphatic rings. The minimum Gasteiger partial charge on any atom is -0.264 e. The first-order valence-electron chi connectivity index (χ1n) is 3.10. The fourth-order valence-electron chi connectivity index (χ4n) is 0.755. The fourth-order valence-corrected chi connectivity index (χ4v) is 0.755. The van der Waals surface area contributed by atoms with Crippen LogP contribution in [0.25, 0.3) is 0 Å². The summed E-state index contributed by atoms with van der Waals surface area (Å²) in [6.45, 7) is 2.05. The van der Waals surface area contributed by atoms with Gasteiger partial charge in [-0.3, -0.25) is 4.98 Å². The molecule has 1 heteroatoms. The van der Waals surface area contributed by atoms with Gasteiger partial charge in [0.05, 0.1) is 13.3 Å². The first-order valence-corrected chi connectivity index (χ1v) is 3.10. The third-order valence-electron chi connectivity index (χ3n) is 1.16. The molecule has 0 radical (unpaired) electrons. The third kappa shape index (κ3) is 1.76. The molecule has 0 saturated heterocycles. The maximum atomic E-state index is 3.98. The van der Waals surface area contributed by atoms with Crippen molar-refractivity contribution in [2.24, 2.45) is 0 Å². The summed E-state index contributed by atoms with van der Waals surface area (Å²) in [7, 11) is 0. The smallest absolute Gasteiger partial charge is 0.114 e. The van der Waals surface area contributed by atoms with E-state index in [4.69, 9.17) is 0 Å². The summed E-state index contributed by atoms with van der Waals surface area (Å²) in [6.07, 6.45) is 6.82. The molecule has 1 rings (SSSR count). The summed E-state index contributed by atoms with van der Waals surface area (Å²) in [5.74, 6) is 0. The molecule has 0 saturated carbocycles. The lowest BCUT2D eigenvalue weighted by atomic mass is 10.2. The highest BCUT2D eigenvalue weighted by molar-refractivity contribution is 5.10. The molecule has 0 bridgehead atoms. The van der Waals surface area contributed by atoms with Gasteiger partial charge in [-0.2, -0.15) is 0 Å². The molecule has 1 aromatic heterocycles. The lowest BCUT2D eigenvalue weighted by Gasteiger charge is -1.87. The molecule has 46 valence electrons. The Bertz CT molecular complexity index is 157. The first kappa shape index (κ1) is 6.14. The highest BCUT2D eigenvalue weighted by Gasteiger charge is 1.92. The van der Waals surface area contributed by atoms with Crippen molar-refractivity contribution in [3.8, 4) is 0 Å². The van der Waals surface area contributed by atoms with Crippen molar-refractivity contribution < 1.29 is 0 Å². The molecule has 9 heavy (non-hydrogen) atoms. The van der Waals surface area contributed by atoms with Gasteiger partial charge >= 0.3 is 0 Å². The standard InChI is InChI=1S/C8H10N/c1-2-4-8-5-3-6-9-7-8/h2-3,5-7H,4H2,1H3/q+1. The molecule has 0 amide bonds. The molecule has 0 aromatic carbocycles. The van der Waals surface area contributed by atoms with Gasteiger partial charge in [-0.25, -0.2) is 0 Å². The topological polar surface area (TPSA) is 12.9 Å². The molecular weight excluding hydrogens is 110 g/mol. The van der Waals surface area contributed by atoms with Crippen LogP contribution in [0.2, 0.25) is 0 Å². The second-order valence-electron chi connectivity index (χ2n) is 1.97. The van der Waals surface area contributed by atoms with Gasteiger partial charge in [0.2, 0.25) is 0 Å². The Morgan fingerprint density at radius 3 is 3.11 bits per heavy atom. The second kappa shape index (κ2) is 3.13. The van der Waals surface area contributed by atoms with Crippen LogP contribution in [0.1, 0.15) is 12.5 Å². The molecule has 1 heterocycles. The minimum atomic E-state index is 1.02. The van der Waals surface area contributed by atoms with Gasteiger partial charge in [0, 0.05) is 18.0 Å². The van der Waals surface area contributed by atoms with Crippen LogP contribution in [0.15, 0.2) is 24.5 Å². The molecule has 0 fully saturated rings. The predicted molar refractivity (Wildman–Crippen MR) is 37.9 cm³/mol. The summed E-state index contributed by atoms with van der Waals surface area (Å²) in [4.78, 5) is 3.98. The Hall–Kier alpha value is -0.980. The Balaban J connectivity index is 2.61. The Morgan fingerprint density at radius 1 is 1.67 bits per heavy atom. The zero-order valence-corrected chi connectivity index (χ0v) is 5.54. The van der Waals surface area contributed by atoms with Gasteiger partial charge in [-0.05, 0) is 6.07 Å². The Kier molecular flexibility index (Phi) is 2.13. The van der Waals surface area contributed by atoms with Crippen LogP contribution in [-0.4, -0.2) is 4.98 Å². The second-order valence-corrected chi connectivity index (χ2v) is 1.97. The summed E-state index contributed by atoms with van der Waals surface area (Å²) >= 11 is 0. The molecule has 0 atom stereocenters. The van der Waals surface area contributed by atoms with Crippen molar-refractivity contribution in [3.05, 3.63) is 36.5 Å². The normalized spacial score (nSPS) is 9.00. The van der Waals surface area contributed by atoms with E-state index in [9.17, 15) is 0 Å². The van der Waals surface area contributed by atoms with Crippen molar-refractivity contribution in [3.63, 3.8) is 0 Å². The summed E-state index contributed by atoms with van der Waals surface area (Å²) < 4.78 is 0. The lowest BCUT2D eigenvalue weighted by Crippen LogP contribution is -1.82. The van der Waals surface area contributed by atoms with Crippen LogP contribution >= 0.6 is 0 Å². The summed E-state index contributed by atoms with van der Waals surface area (Å²) in [6, 6.07) is 4.03. The monoisotopic (exact) mass is 120 g/mol. The summed E-state index contributed by atoms with van der Waals surface area (Å²) in [5, 5.41) is 0. The van der Waals surface area contributed by atoms with Crippen molar-refractivity contribution >= 4 is 0 Å². The van der Waals surface area contributed by atoms with Crippen LogP contribution < -0.4 is 0 Å². The predicted octanol–water partition coefficient (Wildman–Crippen LogP) is 1.85. The Labute approximate surface area is 55.7 Å². The van der Waals surface area contributed by atoms with Crippen molar-refractivity contribution in [1.82, 2.24) is 4.98 Å². The van der Waals surface area contributed by atoms with Crippen molar-refractivity contribution in [2.75, 3.05) is 0 Å². The Morgan fingerprint density at radius 2 is 2.56 bits per heavy atom. The summed E-state index contributed by atoms with van der Waals surface area (Å²) in [5.41, 5.74) is 1.28. The number of aromatic nitrogens is 1. The van der Waals surface area contributed by atoms with E-state index < -0.39 is 0 Å². The average molecular weight is 120 g/mol. The molecule has 0 unspecified atom stereocenters. The van der Waals surface area contributed by atoms with E-state index in [0.29, 0.717) is 0 Å². The van der Waals surface area contributed by atoms with E-state index in [1.54, 1.807) is 6.20 Å². The molecule has 0 aliphatic carbocycles. The minimum absolute atomic E-state index is 1.02. The quantitative estimate of drug-likeness (QED) is 0.543. The first-order chi connectivity index (χ1) is 4.43. The van der Waals surface area contributed by atoms with E-state index in [0.717, 1.165) is 6.42 Å². The largest absolute Gasteiger partial charge is 0.264 e. The van der Waals surface area contributed by atoms with Gasteiger partial charge in [-0.15, -0.1) is 0 Å². The van der Waals surface area contributed by atoms with Gasteiger partial charge in [0.1, 0.15) is 6.42 Å². The fraction of sp³-hybridized carbons (Fsp3) is 0.250. The van der Waals surface area contributed by atoms with Crippen LogP contribution in [-0.2, 0) is 6.42 Å². The molecule has 0 spiro atoms. The molecule has 0 N–H and O–H groups in total. The molecular formula is C8H10N+.